The largest absolute Gasteiger partial charge is 0.494 e. The van der Waals surface area contributed by atoms with E-state index in [2.05, 4.69) is 16.2 Å². The number of anilines is 1. The lowest BCUT2D eigenvalue weighted by atomic mass is 9.89. The first-order valence-corrected chi connectivity index (χ1v) is 7.44. The molecule has 1 aromatic rings. The molecule has 2 aliphatic rings. The molecule has 120 valence electrons. The molecule has 0 bridgehead atoms. The van der Waals surface area contributed by atoms with E-state index in [4.69, 9.17) is 4.74 Å². The van der Waals surface area contributed by atoms with E-state index in [9.17, 15) is 9.18 Å². The third kappa shape index (κ3) is 2.67. The van der Waals surface area contributed by atoms with Crippen molar-refractivity contribution in [3.8, 4) is 5.75 Å². The van der Waals surface area contributed by atoms with Gasteiger partial charge in [0.25, 0.3) is 0 Å². The van der Waals surface area contributed by atoms with Crippen LogP contribution in [0.4, 0.5) is 10.1 Å². The molecule has 2 heterocycles. The Morgan fingerprint density at radius 3 is 2.95 bits per heavy atom. The summed E-state index contributed by atoms with van der Waals surface area (Å²) in [5, 5.41) is 3.32. The minimum absolute atomic E-state index is 0.0757. The lowest BCUT2D eigenvalue weighted by Crippen LogP contribution is -2.49. The van der Waals surface area contributed by atoms with Crippen molar-refractivity contribution < 1.29 is 13.9 Å². The Bertz CT molecular complexity index is 568. The predicted octanol–water partition coefficient (Wildman–Crippen LogP) is 0.252. The number of nitrogens with zero attached hydrogens (tertiary/aromatic N) is 1. The standard InChI is InChI=1S/C15H21FN4O2/c1-20(9-3-4-13(22-2)11(16)7-9)15(21)14-10-8-17-6-5-12(10)18-19-14/h3-4,7,10,12,14,17-19H,5-6,8H2,1-2H3. The monoisotopic (exact) mass is 308 g/mol. The SMILES string of the molecule is COc1ccc(N(C)C(=O)C2NNC3CCNCC32)cc1F. The summed E-state index contributed by atoms with van der Waals surface area (Å²) in [7, 11) is 3.08. The van der Waals surface area contributed by atoms with Gasteiger partial charge >= 0.3 is 0 Å². The number of likely N-dealkylation sites (N-methyl/N-ethyl adjacent to an activating group) is 1. The number of benzene rings is 1. The molecule has 6 nitrogen and oxygen atoms in total. The van der Waals surface area contributed by atoms with Crippen LogP contribution in [0.25, 0.3) is 0 Å². The fraction of sp³-hybridized carbons (Fsp3) is 0.533. The molecule has 7 heteroatoms. The Morgan fingerprint density at radius 2 is 2.23 bits per heavy atom. The molecule has 0 aromatic heterocycles. The molecule has 0 spiro atoms. The Kier molecular flexibility index (Phi) is 4.28. The molecule has 3 unspecified atom stereocenters. The fourth-order valence-corrected chi connectivity index (χ4v) is 3.16. The van der Waals surface area contributed by atoms with Crippen molar-refractivity contribution in [2.75, 3.05) is 32.1 Å². The van der Waals surface area contributed by atoms with E-state index in [1.165, 1.54) is 24.1 Å². The van der Waals surface area contributed by atoms with Gasteiger partial charge in [-0.2, -0.15) is 0 Å². The molecule has 2 saturated heterocycles. The third-order valence-electron chi connectivity index (χ3n) is 4.50. The Hall–Kier alpha value is -1.70. The highest BCUT2D eigenvalue weighted by Crippen LogP contribution is 2.26. The molecule has 3 rings (SSSR count). The number of nitrogens with one attached hydrogen (secondary N) is 3. The number of hydrazine groups is 1. The Balaban J connectivity index is 1.75. The molecule has 0 aliphatic carbocycles. The fourth-order valence-electron chi connectivity index (χ4n) is 3.16. The molecule has 1 aromatic carbocycles. The van der Waals surface area contributed by atoms with Crippen LogP contribution in [0.5, 0.6) is 5.75 Å². The first-order valence-electron chi connectivity index (χ1n) is 7.44. The number of carbonyl (C=O) groups is 1. The summed E-state index contributed by atoms with van der Waals surface area (Å²) in [6.07, 6.45) is 0.988. The van der Waals surface area contributed by atoms with Gasteiger partial charge in [-0.25, -0.2) is 9.82 Å². The number of fused-ring (bicyclic) bond motifs is 1. The highest BCUT2D eigenvalue weighted by molar-refractivity contribution is 5.97. The van der Waals surface area contributed by atoms with E-state index in [0.717, 1.165) is 19.5 Å². The van der Waals surface area contributed by atoms with Crippen molar-refractivity contribution in [2.24, 2.45) is 5.92 Å². The van der Waals surface area contributed by atoms with Crippen LogP contribution in [0.3, 0.4) is 0 Å². The number of amides is 1. The smallest absolute Gasteiger partial charge is 0.245 e. The van der Waals surface area contributed by atoms with Crippen molar-refractivity contribution in [1.82, 2.24) is 16.2 Å². The van der Waals surface area contributed by atoms with Crippen LogP contribution in [0.15, 0.2) is 18.2 Å². The van der Waals surface area contributed by atoms with E-state index in [0.29, 0.717) is 11.7 Å². The van der Waals surface area contributed by atoms with Crippen molar-refractivity contribution in [3.63, 3.8) is 0 Å². The quantitative estimate of drug-likeness (QED) is 0.747. The second kappa shape index (κ2) is 6.20. The van der Waals surface area contributed by atoms with Gasteiger partial charge in [-0.3, -0.25) is 10.2 Å². The zero-order chi connectivity index (χ0) is 15.7. The third-order valence-corrected chi connectivity index (χ3v) is 4.50. The second-order valence-corrected chi connectivity index (χ2v) is 5.75. The van der Waals surface area contributed by atoms with E-state index < -0.39 is 5.82 Å². The second-order valence-electron chi connectivity index (χ2n) is 5.75. The van der Waals surface area contributed by atoms with Crippen LogP contribution < -0.4 is 25.8 Å². The molecule has 22 heavy (non-hydrogen) atoms. The number of hydrogen-bond donors (Lipinski definition) is 3. The summed E-state index contributed by atoms with van der Waals surface area (Å²) in [6.45, 7) is 1.75. The van der Waals surface area contributed by atoms with Gasteiger partial charge in [-0.05, 0) is 25.1 Å². The molecule has 3 N–H and O–H groups in total. The highest BCUT2D eigenvalue weighted by Gasteiger charge is 2.42. The summed E-state index contributed by atoms with van der Waals surface area (Å²) in [4.78, 5) is 14.2. The van der Waals surface area contributed by atoms with E-state index in [1.807, 2.05) is 0 Å². The lowest BCUT2D eigenvalue weighted by molar-refractivity contribution is -0.121. The molecule has 0 saturated carbocycles. The molecular formula is C15H21FN4O2. The molecule has 0 radical (unpaired) electrons. The zero-order valence-electron chi connectivity index (χ0n) is 12.7. The summed E-state index contributed by atoms with van der Waals surface area (Å²) in [6, 6.07) is 4.51. The first-order chi connectivity index (χ1) is 10.6. The van der Waals surface area contributed by atoms with Gasteiger partial charge in [-0.1, -0.05) is 0 Å². The van der Waals surface area contributed by atoms with E-state index in [1.54, 1.807) is 13.1 Å². The maximum Gasteiger partial charge on any atom is 0.245 e. The van der Waals surface area contributed by atoms with Gasteiger partial charge in [-0.15, -0.1) is 0 Å². The molecule has 3 atom stereocenters. The molecule has 2 aliphatic heterocycles. The van der Waals surface area contributed by atoms with Gasteiger partial charge in [0.1, 0.15) is 6.04 Å². The average molecular weight is 308 g/mol. The Morgan fingerprint density at radius 1 is 1.41 bits per heavy atom. The van der Waals surface area contributed by atoms with Crippen LogP contribution in [0.2, 0.25) is 0 Å². The minimum Gasteiger partial charge on any atom is -0.494 e. The van der Waals surface area contributed by atoms with Crippen LogP contribution in [-0.4, -0.2) is 45.2 Å². The average Bonchev–Trinajstić information content (AvgIpc) is 2.97. The van der Waals surface area contributed by atoms with E-state index in [-0.39, 0.29) is 23.6 Å². The molecule has 2 fully saturated rings. The summed E-state index contributed by atoms with van der Waals surface area (Å²) < 4.78 is 18.7. The number of piperidine rings is 1. The number of carbonyl (C=O) groups excluding carboxylic acids is 1. The van der Waals surface area contributed by atoms with Gasteiger partial charge in [0.05, 0.1) is 7.11 Å². The maximum atomic E-state index is 13.8. The lowest BCUT2D eigenvalue weighted by Gasteiger charge is -2.29. The minimum atomic E-state index is -0.477. The Labute approximate surface area is 129 Å². The summed E-state index contributed by atoms with van der Waals surface area (Å²) >= 11 is 0. The topological polar surface area (TPSA) is 65.6 Å². The normalized spacial score (nSPS) is 27.3. The number of methoxy groups -OCH3 is 1. The van der Waals surface area contributed by atoms with E-state index >= 15 is 0 Å². The van der Waals surface area contributed by atoms with Crippen molar-refractivity contribution >= 4 is 11.6 Å². The molecular weight excluding hydrogens is 287 g/mol. The van der Waals surface area contributed by atoms with Crippen molar-refractivity contribution in [3.05, 3.63) is 24.0 Å². The summed E-state index contributed by atoms with van der Waals surface area (Å²) in [5.41, 5.74) is 6.79. The van der Waals surface area contributed by atoms with Gasteiger partial charge < -0.3 is 15.0 Å². The van der Waals surface area contributed by atoms with Gasteiger partial charge in [0, 0.05) is 37.3 Å². The summed E-state index contributed by atoms with van der Waals surface area (Å²) in [5.74, 6) is -0.184. The predicted molar refractivity (Wildman–Crippen MR) is 81.2 cm³/mol. The highest BCUT2D eigenvalue weighted by atomic mass is 19.1. The maximum absolute atomic E-state index is 13.8. The first kappa shape index (κ1) is 15.2. The van der Waals surface area contributed by atoms with Gasteiger partial charge in [0.15, 0.2) is 11.6 Å². The van der Waals surface area contributed by atoms with Crippen LogP contribution in [0.1, 0.15) is 6.42 Å². The van der Waals surface area contributed by atoms with Gasteiger partial charge in [0.2, 0.25) is 5.91 Å². The van der Waals surface area contributed by atoms with Crippen LogP contribution >= 0.6 is 0 Å². The van der Waals surface area contributed by atoms with Crippen molar-refractivity contribution in [1.29, 1.82) is 0 Å². The van der Waals surface area contributed by atoms with Crippen LogP contribution in [-0.2, 0) is 4.79 Å². The molecule has 1 amide bonds. The van der Waals surface area contributed by atoms with Crippen molar-refractivity contribution in [2.45, 2.75) is 18.5 Å². The zero-order valence-corrected chi connectivity index (χ0v) is 12.7. The number of rotatable bonds is 3. The van der Waals surface area contributed by atoms with Crippen LogP contribution in [0, 0.1) is 11.7 Å². The number of ether oxygens (including phenoxy) is 1. The number of halogens is 1. The number of hydrogen-bond acceptors (Lipinski definition) is 5.